The molecule has 0 spiro atoms. The zero-order valence-corrected chi connectivity index (χ0v) is 23.8. The van der Waals surface area contributed by atoms with E-state index in [0.29, 0.717) is 19.1 Å². The Morgan fingerprint density at radius 2 is 1.73 bits per heavy atom. The zero-order valence-electron chi connectivity index (χ0n) is 22.2. The van der Waals surface area contributed by atoms with E-state index in [1.807, 2.05) is 24.4 Å². The molecule has 1 aliphatic heterocycles. The van der Waals surface area contributed by atoms with Crippen LogP contribution >= 0.6 is 11.3 Å². The molecule has 0 radical (unpaired) electrons. The van der Waals surface area contributed by atoms with Gasteiger partial charge in [0.1, 0.15) is 12.4 Å². The Bertz CT molecular complexity index is 1310. The van der Waals surface area contributed by atoms with Crippen LogP contribution in [0.25, 0.3) is 0 Å². The Hall–Kier alpha value is -2.68. The van der Waals surface area contributed by atoms with Gasteiger partial charge in [0.25, 0.3) is 0 Å². The second-order valence-corrected chi connectivity index (χ2v) is 13.0. The van der Waals surface area contributed by atoms with Crippen molar-refractivity contribution in [3.8, 4) is 5.75 Å². The Kier molecular flexibility index (Phi) is 8.41. The lowest BCUT2D eigenvalue weighted by atomic mass is 10.0. The number of thiophene rings is 1. The summed E-state index contributed by atoms with van der Waals surface area (Å²) in [6.45, 7) is 10.4. The Morgan fingerprint density at radius 1 is 1.05 bits per heavy atom. The van der Waals surface area contributed by atoms with Gasteiger partial charge in [0, 0.05) is 17.5 Å². The monoisotopic (exact) mass is 540 g/mol. The molecule has 1 amide bonds. The molecule has 0 unspecified atom stereocenters. The average molecular weight is 541 g/mol. The number of nitrogens with zero attached hydrogens (tertiary/aromatic N) is 2. The number of fused-ring (bicyclic) bond motifs is 1. The summed E-state index contributed by atoms with van der Waals surface area (Å²) in [6, 6.07) is 16.2. The van der Waals surface area contributed by atoms with E-state index >= 15 is 0 Å². The molecule has 2 aromatic carbocycles. The summed E-state index contributed by atoms with van der Waals surface area (Å²) in [6.07, 6.45) is 0.755. The fraction of sp³-hybridized carbons (Fsp3) is 0.414. The van der Waals surface area contributed by atoms with Crippen molar-refractivity contribution in [3.05, 3.63) is 81.5 Å². The van der Waals surface area contributed by atoms with E-state index in [2.05, 4.69) is 32.0 Å². The van der Waals surface area contributed by atoms with E-state index in [4.69, 9.17) is 4.74 Å². The van der Waals surface area contributed by atoms with Crippen LogP contribution < -0.4 is 4.74 Å². The van der Waals surface area contributed by atoms with E-state index in [1.165, 1.54) is 14.7 Å². The number of carbonyl (C=O) groups excluding carboxylic acids is 1. The van der Waals surface area contributed by atoms with Gasteiger partial charge < -0.3 is 9.64 Å². The van der Waals surface area contributed by atoms with Gasteiger partial charge in [0.05, 0.1) is 17.5 Å². The van der Waals surface area contributed by atoms with E-state index in [-0.39, 0.29) is 29.4 Å². The van der Waals surface area contributed by atoms with Crippen LogP contribution in [-0.4, -0.2) is 49.3 Å². The van der Waals surface area contributed by atoms with Gasteiger partial charge in [-0.1, -0.05) is 43.7 Å². The maximum absolute atomic E-state index is 13.7. The van der Waals surface area contributed by atoms with Crippen LogP contribution in [0, 0.1) is 6.92 Å². The Balaban J connectivity index is 1.55. The quantitative estimate of drug-likeness (QED) is 0.345. The van der Waals surface area contributed by atoms with Crippen LogP contribution in [0.2, 0.25) is 0 Å². The van der Waals surface area contributed by atoms with E-state index < -0.39 is 10.0 Å². The van der Waals surface area contributed by atoms with Gasteiger partial charge in [-0.3, -0.25) is 4.79 Å². The first kappa shape index (κ1) is 27.4. The lowest BCUT2D eigenvalue weighted by Gasteiger charge is -2.37. The number of benzene rings is 2. The van der Waals surface area contributed by atoms with Gasteiger partial charge in [0.15, 0.2) is 0 Å². The van der Waals surface area contributed by atoms with Crippen LogP contribution in [0.3, 0.4) is 0 Å². The van der Waals surface area contributed by atoms with E-state index in [9.17, 15) is 13.2 Å². The number of sulfonamides is 1. The average Bonchev–Trinajstić information content (AvgIpc) is 3.35. The molecule has 1 aromatic heterocycles. The highest BCUT2D eigenvalue weighted by Crippen LogP contribution is 2.34. The number of carbonyl (C=O) groups is 1. The second kappa shape index (κ2) is 11.4. The number of hydrogen-bond donors (Lipinski definition) is 0. The summed E-state index contributed by atoms with van der Waals surface area (Å²) >= 11 is 1.69. The van der Waals surface area contributed by atoms with Crippen molar-refractivity contribution in [1.82, 2.24) is 9.21 Å². The third kappa shape index (κ3) is 6.08. The van der Waals surface area contributed by atoms with Crippen LogP contribution in [-0.2, 0) is 21.2 Å². The van der Waals surface area contributed by atoms with Crippen molar-refractivity contribution in [1.29, 1.82) is 0 Å². The summed E-state index contributed by atoms with van der Waals surface area (Å²) < 4.78 is 34.4. The highest BCUT2D eigenvalue weighted by molar-refractivity contribution is 7.89. The molecule has 0 bridgehead atoms. The van der Waals surface area contributed by atoms with Crippen molar-refractivity contribution >= 4 is 27.3 Å². The van der Waals surface area contributed by atoms with Crippen molar-refractivity contribution in [2.45, 2.75) is 63.9 Å². The van der Waals surface area contributed by atoms with Crippen LogP contribution in [0.5, 0.6) is 5.75 Å². The molecule has 0 saturated heterocycles. The van der Waals surface area contributed by atoms with Crippen molar-refractivity contribution in [3.63, 3.8) is 0 Å². The van der Waals surface area contributed by atoms with Gasteiger partial charge in [-0.25, -0.2) is 8.42 Å². The van der Waals surface area contributed by atoms with E-state index in [1.54, 1.807) is 54.3 Å². The maximum Gasteiger partial charge on any atom is 0.243 e. The first-order valence-electron chi connectivity index (χ1n) is 12.7. The van der Waals surface area contributed by atoms with Gasteiger partial charge >= 0.3 is 0 Å². The highest BCUT2D eigenvalue weighted by atomic mass is 32.2. The first-order valence-corrected chi connectivity index (χ1v) is 15.1. The third-order valence-electron chi connectivity index (χ3n) is 6.86. The maximum atomic E-state index is 13.7. The number of aryl methyl sites for hydroxylation is 1. The topological polar surface area (TPSA) is 66.9 Å². The minimum Gasteiger partial charge on any atom is -0.491 e. The largest absolute Gasteiger partial charge is 0.491 e. The molecule has 6 nitrogen and oxygen atoms in total. The van der Waals surface area contributed by atoms with Crippen LogP contribution in [0.1, 0.15) is 61.2 Å². The number of ether oxygens (including phenoxy) is 1. The molecule has 1 aliphatic rings. The van der Waals surface area contributed by atoms with Gasteiger partial charge in [-0.15, -0.1) is 11.3 Å². The minimum absolute atomic E-state index is 0.197. The Morgan fingerprint density at radius 3 is 2.35 bits per heavy atom. The van der Waals surface area contributed by atoms with Crippen molar-refractivity contribution in [2.75, 3.05) is 19.7 Å². The normalized spacial score (nSPS) is 15.9. The summed E-state index contributed by atoms with van der Waals surface area (Å²) in [5.41, 5.74) is 3.30. The van der Waals surface area contributed by atoms with E-state index in [0.717, 1.165) is 23.3 Å². The SMILES string of the molecule is Cc1ccc(S(=O)(=O)N(CC(=O)N2CCc3sccc3[C@H]2COc2ccc(C(C)C)cc2)C(C)C)cc1. The standard InChI is InChI=1S/C29H36N2O4S2/c1-20(2)23-8-10-24(11-9-23)35-19-27-26-15-17-36-28(26)14-16-30(27)29(32)18-31(21(3)4)37(33,34)25-12-6-22(5)7-13-25/h6-13,15,17,20-21,27H,14,16,18-19H2,1-5H3/t27-/m1/s1. The number of hydrogen-bond acceptors (Lipinski definition) is 5. The summed E-state index contributed by atoms with van der Waals surface area (Å²) in [5.74, 6) is 0.976. The summed E-state index contributed by atoms with van der Waals surface area (Å²) in [7, 11) is -3.83. The van der Waals surface area contributed by atoms with Gasteiger partial charge in [0.2, 0.25) is 15.9 Å². The molecule has 0 aliphatic carbocycles. The van der Waals surface area contributed by atoms with Crippen LogP contribution in [0.15, 0.2) is 64.9 Å². The fourth-order valence-corrected chi connectivity index (χ4v) is 7.13. The summed E-state index contributed by atoms with van der Waals surface area (Å²) in [4.78, 5) is 16.9. The zero-order chi connectivity index (χ0) is 26.7. The molecular weight excluding hydrogens is 504 g/mol. The molecule has 0 saturated carbocycles. The molecule has 4 rings (SSSR count). The lowest BCUT2D eigenvalue weighted by molar-refractivity contribution is -0.135. The molecule has 8 heteroatoms. The molecule has 198 valence electrons. The Labute approximate surface area is 224 Å². The first-order chi connectivity index (χ1) is 17.6. The van der Waals surface area contributed by atoms with Gasteiger partial charge in [-0.05, 0) is 79.9 Å². The molecule has 0 N–H and O–H groups in total. The smallest absolute Gasteiger partial charge is 0.243 e. The van der Waals surface area contributed by atoms with Crippen LogP contribution in [0.4, 0.5) is 0 Å². The van der Waals surface area contributed by atoms with Crippen molar-refractivity contribution < 1.29 is 17.9 Å². The molecule has 37 heavy (non-hydrogen) atoms. The highest BCUT2D eigenvalue weighted by Gasteiger charge is 2.36. The molecular formula is C29H36N2O4S2. The second-order valence-electron chi connectivity index (χ2n) is 10.1. The number of rotatable bonds is 9. The minimum atomic E-state index is -3.83. The number of amides is 1. The fourth-order valence-electron chi connectivity index (χ4n) is 4.61. The van der Waals surface area contributed by atoms with Crippen molar-refractivity contribution in [2.24, 2.45) is 0 Å². The van der Waals surface area contributed by atoms with Gasteiger partial charge in [-0.2, -0.15) is 4.31 Å². The third-order valence-corrected chi connectivity index (χ3v) is 9.90. The summed E-state index contributed by atoms with van der Waals surface area (Å²) in [5, 5.41) is 2.05. The molecule has 2 heterocycles. The predicted molar refractivity (Wildman–Crippen MR) is 149 cm³/mol. The predicted octanol–water partition coefficient (Wildman–Crippen LogP) is 5.78. The lowest BCUT2D eigenvalue weighted by Crippen LogP contribution is -2.49. The molecule has 0 fully saturated rings. The molecule has 3 aromatic rings. The molecule has 1 atom stereocenters.